The first kappa shape index (κ1) is 10.4. The average molecular weight is 216 g/mol. The molecule has 0 aromatic heterocycles. The van der Waals surface area contributed by atoms with Crippen molar-refractivity contribution in [1.29, 1.82) is 0 Å². The van der Waals surface area contributed by atoms with Gasteiger partial charge in [-0.3, -0.25) is 0 Å². The number of phenols is 2. The molecule has 0 spiro atoms. The first-order valence-electron chi connectivity index (χ1n) is 4.94. The maximum Gasteiger partial charge on any atom is 0.123 e. The van der Waals surface area contributed by atoms with Gasteiger partial charge in [0.25, 0.3) is 0 Å². The van der Waals surface area contributed by atoms with E-state index in [4.69, 9.17) is 4.74 Å². The van der Waals surface area contributed by atoms with E-state index in [0.717, 1.165) is 5.56 Å². The molecule has 16 heavy (non-hydrogen) atoms. The Morgan fingerprint density at radius 2 is 1.56 bits per heavy atom. The van der Waals surface area contributed by atoms with Gasteiger partial charge in [0.2, 0.25) is 0 Å². The first-order chi connectivity index (χ1) is 7.74. The van der Waals surface area contributed by atoms with Gasteiger partial charge in [0.05, 0.1) is 0 Å². The molecule has 3 heteroatoms. The van der Waals surface area contributed by atoms with E-state index in [2.05, 4.69) is 0 Å². The third kappa shape index (κ3) is 2.67. The maximum atomic E-state index is 9.26. The Morgan fingerprint density at radius 3 is 2.25 bits per heavy atom. The first-order valence-corrected chi connectivity index (χ1v) is 4.94. The molecule has 2 rings (SSSR count). The third-order valence-electron chi connectivity index (χ3n) is 2.13. The summed E-state index contributed by atoms with van der Waals surface area (Å²) in [6.07, 6.45) is 0. The Balaban J connectivity index is 2.02. The van der Waals surface area contributed by atoms with Gasteiger partial charge < -0.3 is 14.9 Å². The second-order valence-corrected chi connectivity index (χ2v) is 3.46. The highest BCUT2D eigenvalue weighted by molar-refractivity contribution is 5.32. The quantitative estimate of drug-likeness (QED) is 0.829. The van der Waals surface area contributed by atoms with E-state index in [0.29, 0.717) is 12.4 Å². The van der Waals surface area contributed by atoms with Crippen LogP contribution in [0.25, 0.3) is 0 Å². The van der Waals surface area contributed by atoms with Gasteiger partial charge in [0.15, 0.2) is 0 Å². The second-order valence-electron chi connectivity index (χ2n) is 3.46. The fourth-order valence-corrected chi connectivity index (χ4v) is 1.39. The van der Waals surface area contributed by atoms with E-state index in [9.17, 15) is 10.2 Å². The Morgan fingerprint density at radius 1 is 0.875 bits per heavy atom. The van der Waals surface area contributed by atoms with Crippen LogP contribution in [0.3, 0.4) is 0 Å². The number of hydrogen-bond donors (Lipinski definition) is 2. The second kappa shape index (κ2) is 4.57. The zero-order chi connectivity index (χ0) is 11.4. The average Bonchev–Trinajstić information content (AvgIpc) is 2.27. The van der Waals surface area contributed by atoms with Crippen molar-refractivity contribution in [3.8, 4) is 17.2 Å². The van der Waals surface area contributed by atoms with Gasteiger partial charge in [0.1, 0.15) is 23.9 Å². The van der Waals surface area contributed by atoms with Crippen LogP contribution in [0.15, 0.2) is 48.5 Å². The highest BCUT2D eigenvalue weighted by atomic mass is 16.5. The van der Waals surface area contributed by atoms with Crippen LogP contribution < -0.4 is 4.74 Å². The molecule has 2 N–H and O–H groups in total. The van der Waals surface area contributed by atoms with E-state index < -0.39 is 0 Å². The molecule has 0 heterocycles. The molecule has 0 fully saturated rings. The van der Waals surface area contributed by atoms with Crippen LogP contribution in [0.5, 0.6) is 17.2 Å². The van der Waals surface area contributed by atoms with Crippen LogP contribution in [-0.4, -0.2) is 10.2 Å². The molecule has 2 aromatic rings. The van der Waals surface area contributed by atoms with Gasteiger partial charge in [-0.15, -0.1) is 0 Å². The molecule has 0 bridgehead atoms. The number of rotatable bonds is 3. The summed E-state index contributed by atoms with van der Waals surface area (Å²) < 4.78 is 5.46. The molecule has 0 aliphatic heterocycles. The summed E-state index contributed by atoms with van der Waals surface area (Å²) in [6, 6.07) is 13.5. The van der Waals surface area contributed by atoms with Gasteiger partial charge in [-0.1, -0.05) is 18.2 Å². The van der Waals surface area contributed by atoms with E-state index in [1.807, 2.05) is 6.07 Å². The molecule has 0 unspecified atom stereocenters. The van der Waals surface area contributed by atoms with Gasteiger partial charge in [-0.2, -0.15) is 0 Å². The number of phenolic OH excluding ortho intramolecular Hbond substituents is 2. The summed E-state index contributed by atoms with van der Waals surface area (Å²) in [5.41, 5.74) is 0.878. The number of aromatic hydroxyl groups is 2. The lowest BCUT2D eigenvalue weighted by molar-refractivity contribution is 0.303. The summed E-state index contributed by atoms with van der Waals surface area (Å²) in [7, 11) is 0. The SMILES string of the molecule is Oc1cccc(COc2cccc(O)c2)c1. The van der Waals surface area contributed by atoms with Crippen LogP contribution in [-0.2, 0) is 6.61 Å². The molecule has 0 aliphatic rings. The Bertz CT molecular complexity index is 435. The smallest absolute Gasteiger partial charge is 0.123 e. The molecule has 2 aromatic carbocycles. The predicted molar refractivity (Wildman–Crippen MR) is 60.5 cm³/mol. The molecular weight excluding hydrogens is 204 g/mol. The van der Waals surface area contributed by atoms with Gasteiger partial charge >= 0.3 is 0 Å². The largest absolute Gasteiger partial charge is 0.508 e. The minimum absolute atomic E-state index is 0.174. The molecule has 0 amide bonds. The minimum Gasteiger partial charge on any atom is -0.508 e. The Labute approximate surface area is 93.6 Å². The summed E-state index contributed by atoms with van der Waals surface area (Å²) >= 11 is 0. The molecule has 0 saturated heterocycles. The summed E-state index contributed by atoms with van der Waals surface area (Å²) in [4.78, 5) is 0. The molecule has 0 saturated carbocycles. The van der Waals surface area contributed by atoms with Crippen molar-refractivity contribution in [1.82, 2.24) is 0 Å². The van der Waals surface area contributed by atoms with E-state index in [-0.39, 0.29) is 11.5 Å². The number of ether oxygens (including phenoxy) is 1. The summed E-state index contributed by atoms with van der Waals surface area (Å²) in [5.74, 6) is 0.994. The fraction of sp³-hybridized carbons (Fsp3) is 0.0769. The lowest BCUT2D eigenvalue weighted by Crippen LogP contribution is -1.94. The Hall–Kier alpha value is -2.16. The molecule has 82 valence electrons. The van der Waals surface area contributed by atoms with Crippen LogP contribution in [0.1, 0.15) is 5.56 Å². The van der Waals surface area contributed by atoms with E-state index in [1.165, 1.54) is 0 Å². The molecule has 0 atom stereocenters. The van der Waals surface area contributed by atoms with Crippen LogP contribution in [0, 0.1) is 0 Å². The molecule has 3 nitrogen and oxygen atoms in total. The normalized spacial score (nSPS) is 10.0. The van der Waals surface area contributed by atoms with Crippen molar-refractivity contribution < 1.29 is 14.9 Å². The molecule has 0 radical (unpaired) electrons. The Kier molecular flexibility index (Phi) is 2.96. The highest BCUT2D eigenvalue weighted by Gasteiger charge is 1.98. The lowest BCUT2D eigenvalue weighted by atomic mass is 10.2. The summed E-state index contributed by atoms with van der Waals surface area (Å²) in [5, 5.41) is 18.5. The number of hydrogen-bond acceptors (Lipinski definition) is 3. The third-order valence-corrected chi connectivity index (χ3v) is 2.13. The topological polar surface area (TPSA) is 49.7 Å². The van der Waals surface area contributed by atoms with Crippen LogP contribution in [0.4, 0.5) is 0 Å². The highest BCUT2D eigenvalue weighted by Crippen LogP contribution is 2.19. The van der Waals surface area contributed by atoms with Gasteiger partial charge in [-0.25, -0.2) is 0 Å². The standard InChI is InChI=1S/C13H12O3/c14-11-4-1-3-10(7-11)9-16-13-6-2-5-12(15)8-13/h1-8,14-15H,9H2. The van der Waals surface area contributed by atoms with Gasteiger partial charge in [-0.05, 0) is 29.8 Å². The maximum absolute atomic E-state index is 9.26. The van der Waals surface area contributed by atoms with Crippen molar-refractivity contribution in [2.75, 3.05) is 0 Å². The van der Waals surface area contributed by atoms with Crippen molar-refractivity contribution in [2.24, 2.45) is 0 Å². The number of benzene rings is 2. The zero-order valence-electron chi connectivity index (χ0n) is 8.63. The van der Waals surface area contributed by atoms with Crippen molar-refractivity contribution in [3.05, 3.63) is 54.1 Å². The summed E-state index contributed by atoms with van der Waals surface area (Å²) in [6.45, 7) is 0.359. The van der Waals surface area contributed by atoms with Crippen molar-refractivity contribution >= 4 is 0 Å². The zero-order valence-corrected chi connectivity index (χ0v) is 8.63. The lowest BCUT2D eigenvalue weighted by Gasteiger charge is -2.06. The van der Waals surface area contributed by atoms with Crippen molar-refractivity contribution in [3.63, 3.8) is 0 Å². The fourth-order valence-electron chi connectivity index (χ4n) is 1.39. The molecular formula is C13H12O3. The van der Waals surface area contributed by atoms with Crippen LogP contribution >= 0.6 is 0 Å². The van der Waals surface area contributed by atoms with E-state index in [1.54, 1.807) is 42.5 Å². The van der Waals surface area contributed by atoms with Gasteiger partial charge in [0, 0.05) is 6.07 Å². The predicted octanol–water partition coefficient (Wildman–Crippen LogP) is 2.68. The van der Waals surface area contributed by atoms with Crippen LogP contribution in [0.2, 0.25) is 0 Å². The monoisotopic (exact) mass is 216 g/mol. The minimum atomic E-state index is 0.174. The van der Waals surface area contributed by atoms with E-state index >= 15 is 0 Å². The van der Waals surface area contributed by atoms with Crippen molar-refractivity contribution in [2.45, 2.75) is 6.61 Å². The molecule has 0 aliphatic carbocycles.